The van der Waals surface area contributed by atoms with Crippen LogP contribution in [0.15, 0.2) is 18.2 Å². The Labute approximate surface area is 56.9 Å². The Morgan fingerprint density at radius 2 is 2.38 bits per heavy atom. The van der Waals surface area contributed by atoms with Crippen molar-refractivity contribution >= 4 is 27.0 Å². The van der Waals surface area contributed by atoms with Crippen LogP contribution in [0.2, 0.25) is 5.02 Å². The van der Waals surface area contributed by atoms with Gasteiger partial charge in [0.25, 0.3) is 0 Å². The standard InChI is InChI=1S/C6H6ClSi/c7-5-2-1-3-6(8)4-5/h1-2,4H,8H3. The number of benzene rings is 1. The maximum atomic E-state index is 5.65. The van der Waals surface area contributed by atoms with Crippen LogP contribution in [-0.2, 0) is 0 Å². The molecule has 8 heavy (non-hydrogen) atoms. The molecule has 0 N–H and O–H groups in total. The lowest BCUT2D eigenvalue weighted by atomic mass is 10.4. The van der Waals surface area contributed by atoms with Crippen molar-refractivity contribution in [1.82, 2.24) is 0 Å². The monoisotopic (exact) mass is 141 g/mol. The number of halogens is 1. The van der Waals surface area contributed by atoms with Gasteiger partial charge in [-0.3, -0.25) is 0 Å². The summed E-state index contributed by atoms with van der Waals surface area (Å²) in [4.78, 5) is 0. The van der Waals surface area contributed by atoms with Gasteiger partial charge in [-0.2, -0.15) is 0 Å². The molecule has 0 amide bonds. The van der Waals surface area contributed by atoms with E-state index >= 15 is 0 Å². The van der Waals surface area contributed by atoms with Crippen LogP contribution >= 0.6 is 11.6 Å². The molecule has 0 bridgehead atoms. The van der Waals surface area contributed by atoms with Crippen molar-refractivity contribution in [1.29, 1.82) is 0 Å². The van der Waals surface area contributed by atoms with E-state index in [0.717, 1.165) is 15.3 Å². The summed E-state index contributed by atoms with van der Waals surface area (Å²) < 4.78 is 0. The minimum atomic E-state index is 0.814. The van der Waals surface area contributed by atoms with Crippen LogP contribution in [0.5, 0.6) is 0 Å². The molecular formula is C6H6ClSi. The molecule has 2 heteroatoms. The molecule has 0 saturated heterocycles. The Hall–Kier alpha value is -0.273. The van der Waals surface area contributed by atoms with Gasteiger partial charge in [-0.25, -0.2) is 0 Å². The quantitative estimate of drug-likeness (QED) is 0.451. The summed E-state index contributed by atoms with van der Waals surface area (Å²) in [7, 11) is 1.03. The second kappa shape index (κ2) is 2.33. The second-order valence-electron chi connectivity index (χ2n) is 1.69. The highest BCUT2D eigenvalue weighted by Gasteiger charge is 1.83. The van der Waals surface area contributed by atoms with E-state index < -0.39 is 0 Å². The fraction of sp³-hybridized carbons (Fsp3) is 0. The van der Waals surface area contributed by atoms with Crippen LogP contribution in [0, 0.1) is 6.07 Å². The first-order valence-electron chi connectivity index (χ1n) is 2.43. The van der Waals surface area contributed by atoms with E-state index in [-0.39, 0.29) is 0 Å². The zero-order valence-electron chi connectivity index (χ0n) is 4.61. The first-order chi connectivity index (χ1) is 3.79. The predicted octanol–water partition coefficient (Wildman–Crippen LogP) is 0.131. The topological polar surface area (TPSA) is 0 Å². The van der Waals surface area contributed by atoms with Crippen molar-refractivity contribution in [2.24, 2.45) is 0 Å². The molecule has 41 valence electrons. The number of rotatable bonds is 0. The van der Waals surface area contributed by atoms with E-state index in [9.17, 15) is 0 Å². The van der Waals surface area contributed by atoms with Crippen molar-refractivity contribution in [2.45, 2.75) is 0 Å². The highest BCUT2D eigenvalue weighted by molar-refractivity contribution is 6.35. The van der Waals surface area contributed by atoms with Gasteiger partial charge in [-0.05, 0) is 18.2 Å². The lowest BCUT2D eigenvalue weighted by Gasteiger charge is -1.88. The van der Waals surface area contributed by atoms with Gasteiger partial charge >= 0.3 is 0 Å². The van der Waals surface area contributed by atoms with Crippen LogP contribution < -0.4 is 5.19 Å². The summed E-state index contributed by atoms with van der Waals surface area (Å²) in [5, 5.41) is 2.03. The molecule has 0 nitrogen and oxygen atoms in total. The summed E-state index contributed by atoms with van der Waals surface area (Å²) in [6.07, 6.45) is 0. The van der Waals surface area contributed by atoms with Crippen LogP contribution in [0.4, 0.5) is 0 Å². The molecule has 1 aromatic carbocycles. The first-order valence-corrected chi connectivity index (χ1v) is 3.80. The van der Waals surface area contributed by atoms with E-state index in [0.29, 0.717) is 0 Å². The molecule has 0 unspecified atom stereocenters. The van der Waals surface area contributed by atoms with Gasteiger partial charge in [0.2, 0.25) is 0 Å². The van der Waals surface area contributed by atoms with Crippen LogP contribution in [0.25, 0.3) is 0 Å². The average Bonchev–Trinajstić information content (AvgIpc) is 1.64. The third-order valence-electron chi connectivity index (χ3n) is 0.908. The highest BCUT2D eigenvalue weighted by atomic mass is 35.5. The van der Waals surface area contributed by atoms with Crippen molar-refractivity contribution in [3.05, 3.63) is 29.3 Å². The Balaban J connectivity index is 3.08. The minimum Gasteiger partial charge on any atom is -0.0843 e. The van der Waals surface area contributed by atoms with Crippen molar-refractivity contribution < 1.29 is 0 Å². The van der Waals surface area contributed by atoms with Gasteiger partial charge in [0.1, 0.15) is 0 Å². The molecule has 0 fully saturated rings. The fourth-order valence-electron chi connectivity index (χ4n) is 0.549. The molecule has 0 aromatic heterocycles. The van der Waals surface area contributed by atoms with Crippen molar-refractivity contribution in [3.63, 3.8) is 0 Å². The van der Waals surface area contributed by atoms with E-state index in [1.54, 1.807) is 0 Å². The molecule has 0 atom stereocenters. The normalized spacial score (nSPS) is 9.62. The Morgan fingerprint density at radius 1 is 1.62 bits per heavy atom. The van der Waals surface area contributed by atoms with Crippen LogP contribution in [0.1, 0.15) is 0 Å². The Bertz CT molecular complexity index is 168. The summed E-state index contributed by atoms with van der Waals surface area (Å²) in [5.74, 6) is 0. The molecular weight excluding hydrogens is 136 g/mol. The molecule has 0 aliphatic carbocycles. The molecule has 1 radical (unpaired) electrons. The van der Waals surface area contributed by atoms with Gasteiger partial charge in [0.05, 0.1) is 0 Å². The maximum Gasteiger partial charge on any atom is 0.0404 e. The Morgan fingerprint density at radius 3 is 2.75 bits per heavy atom. The molecule has 1 aromatic rings. The SMILES string of the molecule is [SiH3]c1[c]ccc(Cl)c1. The average molecular weight is 142 g/mol. The predicted molar refractivity (Wildman–Crippen MR) is 39.9 cm³/mol. The number of hydrogen-bond acceptors (Lipinski definition) is 0. The highest BCUT2D eigenvalue weighted by Crippen LogP contribution is 2.01. The van der Waals surface area contributed by atoms with Crippen molar-refractivity contribution in [3.8, 4) is 0 Å². The lowest BCUT2D eigenvalue weighted by molar-refractivity contribution is 1.75. The van der Waals surface area contributed by atoms with Crippen molar-refractivity contribution in [2.75, 3.05) is 0 Å². The summed E-state index contributed by atoms with van der Waals surface area (Å²) in [6, 6.07) is 8.68. The van der Waals surface area contributed by atoms with Gasteiger partial charge < -0.3 is 0 Å². The smallest absolute Gasteiger partial charge is 0.0404 e. The zero-order chi connectivity index (χ0) is 5.98. The number of hydrogen-bond donors (Lipinski definition) is 0. The molecule has 0 heterocycles. The lowest BCUT2D eigenvalue weighted by Crippen LogP contribution is -1.99. The van der Waals surface area contributed by atoms with Gasteiger partial charge in [0.15, 0.2) is 0 Å². The molecule has 0 aliphatic rings. The van der Waals surface area contributed by atoms with Gasteiger partial charge in [-0.15, -0.1) is 0 Å². The summed E-state index contributed by atoms with van der Waals surface area (Å²) in [5.41, 5.74) is 0. The minimum absolute atomic E-state index is 0.814. The van der Waals surface area contributed by atoms with Crippen LogP contribution in [0.3, 0.4) is 0 Å². The zero-order valence-corrected chi connectivity index (χ0v) is 7.37. The first kappa shape index (κ1) is 5.86. The maximum absolute atomic E-state index is 5.65. The summed E-state index contributed by atoms with van der Waals surface area (Å²) >= 11 is 5.65. The largest absolute Gasteiger partial charge is 0.0843 e. The van der Waals surface area contributed by atoms with Crippen LogP contribution in [-0.4, -0.2) is 10.2 Å². The molecule has 0 saturated carbocycles. The van der Waals surface area contributed by atoms with E-state index in [2.05, 4.69) is 6.07 Å². The van der Waals surface area contributed by atoms with E-state index in [1.807, 2.05) is 18.2 Å². The third kappa shape index (κ3) is 1.35. The fourth-order valence-corrected chi connectivity index (χ4v) is 1.44. The second-order valence-corrected chi connectivity index (χ2v) is 3.20. The molecule has 0 spiro atoms. The van der Waals surface area contributed by atoms with E-state index in [1.165, 1.54) is 5.19 Å². The third-order valence-corrected chi connectivity index (χ3v) is 1.72. The molecule has 1 rings (SSSR count). The Kier molecular flexibility index (Phi) is 1.71. The molecule has 0 aliphatic heterocycles. The van der Waals surface area contributed by atoms with E-state index in [4.69, 9.17) is 11.6 Å². The summed E-state index contributed by atoms with van der Waals surface area (Å²) in [6.45, 7) is 0. The van der Waals surface area contributed by atoms with Gasteiger partial charge in [0, 0.05) is 15.3 Å². The van der Waals surface area contributed by atoms with Gasteiger partial charge in [-0.1, -0.05) is 22.9 Å².